The Hall–Kier alpha value is -3.37. The van der Waals surface area contributed by atoms with Gasteiger partial charge in [0.1, 0.15) is 29.5 Å². The normalized spacial score (nSPS) is 23.9. The number of halogens is 4. The van der Waals surface area contributed by atoms with Crippen molar-refractivity contribution in [2.75, 3.05) is 19.5 Å². The summed E-state index contributed by atoms with van der Waals surface area (Å²) in [6, 6.07) is 6.60. The Morgan fingerprint density at radius 3 is 2.64 bits per heavy atom. The molecule has 4 N–H and O–H groups in total. The summed E-state index contributed by atoms with van der Waals surface area (Å²) >= 11 is 0. The Morgan fingerprint density at radius 2 is 2.00 bits per heavy atom. The molecule has 0 radical (unpaired) electrons. The molecule has 1 aliphatic heterocycles. The highest BCUT2D eigenvalue weighted by atomic mass is 31.2. The van der Waals surface area contributed by atoms with E-state index in [1.54, 1.807) is 18.2 Å². The largest absolute Gasteiger partial charge is 0.468 e. The molecule has 212 valence electrons. The van der Waals surface area contributed by atoms with Crippen LogP contribution < -0.4 is 15.3 Å². The molecule has 6 atom stereocenters. The molecule has 39 heavy (non-hydrogen) atoms. The minimum absolute atomic E-state index is 0.0992. The molecule has 0 bridgehead atoms. The van der Waals surface area contributed by atoms with Crippen LogP contribution in [0.4, 0.5) is 23.4 Å². The van der Waals surface area contributed by atoms with Gasteiger partial charge in [0.05, 0.1) is 20.0 Å². The van der Waals surface area contributed by atoms with Gasteiger partial charge in [-0.1, -0.05) is 18.2 Å². The van der Waals surface area contributed by atoms with Gasteiger partial charge >= 0.3 is 19.9 Å². The van der Waals surface area contributed by atoms with Crippen molar-refractivity contribution in [3.8, 4) is 5.75 Å². The average Bonchev–Trinajstić information content (AvgIpc) is 3.43. The molecule has 0 amide bonds. The van der Waals surface area contributed by atoms with Crippen LogP contribution in [0, 0.1) is 0 Å². The zero-order valence-electron chi connectivity index (χ0n) is 20.3. The van der Waals surface area contributed by atoms with Crippen LogP contribution in [0.3, 0.4) is 0 Å². The SMILES string of the molecule is COC(=O)[C@H](C)NP(=O)(OC[C@H]1O[C@@H](n2cnc3c(N)nc(C(F)(F)F)nc32)C(F)[C@H]1O)Oc1ccccc1. The predicted octanol–water partition coefficient (Wildman–Crippen LogP) is 2.38. The number of aromatic nitrogens is 4. The molecule has 18 heteroatoms. The van der Waals surface area contributed by atoms with Crippen LogP contribution in [0.15, 0.2) is 36.7 Å². The first-order chi connectivity index (χ1) is 18.3. The molecule has 4 rings (SSSR count). The van der Waals surface area contributed by atoms with Crippen LogP contribution >= 0.6 is 7.75 Å². The average molecular weight is 578 g/mol. The van der Waals surface area contributed by atoms with Crippen molar-refractivity contribution in [2.45, 2.75) is 43.7 Å². The van der Waals surface area contributed by atoms with Crippen molar-refractivity contribution in [1.29, 1.82) is 0 Å². The standard InChI is InChI=1S/C21H23F4N6O7P/c1-10(19(33)35-2)30-39(34,38-11-6-4-3-5-7-11)36-8-12-15(32)13(22)18(37-12)31-9-27-14-16(26)28-20(21(23,24)25)29-17(14)31/h3-7,9-10,12-13,15,18,32H,8H2,1-2H3,(H,30,34)(H2,26,28,29)/t10-,12+,13?,15-,18+,39?/m0/s1. The number of nitrogens with one attached hydrogen (secondary N) is 1. The molecule has 2 unspecified atom stereocenters. The lowest BCUT2D eigenvalue weighted by molar-refractivity contribution is -0.144. The van der Waals surface area contributed by atoms with Gasteiger partial charge in [-0.3, -0.25) is 13.9 Å². The van der Waals surface area contributed by atoms with E-state index in [0.717, 1.165) is 18.0 Å². The van der Waals surface area contributed by atoms with E-state index in [9.17, 15) is 27.6 Å². The van der Waals surface area contributed by atoms with Gasteiger partial charge in [-0.15, -0.1) is 0 Å². The summed E-state index contributed by atoms with van der Waals surface area (Å²) in [4.78, 5) is 22.3. The number of nitrogens with zero attached hydrogens (tertiary/aromatic N) is 4. The summed E-state index contributed by atoms with van der Waals surface area (Å²) in [5.74, 6) is -2.86. The van der Waals surface area contributed by atoms with E-state index in [0.29, 0.717) is 0 Å². The highest BCUT2D eigenvalue weighted by Crippen LogP contribution is 2.46. The highest BCUT2D eigenvalue weighted by molar-refractivity contribution is 7.52. The van der Waals surface area contributed by atoms with Crippen LogP contribution in [-0.4, -0.2) is 68.7 Å². The molecule has 3 aromatic rings. The maximum atomic E-state index is 15.1. The zero-order chi connectivity index (χ0) is 28.5. The number of aliphatic hydroxyl groups excluding tert-OH is 1. The third-order valence-corrected chi connectivity index (χ3v) is 7.20. The number of methoxy groups -OCH3 is 1. The quantitative estimate of drug-likeness (QED) is 0.193. The van der Waals surface area contributed by atoms with Crippen LogP contribution in [0.5, 0.6) is 5.75 Å². The molecular weight excluding hydrogens is 555 g/mol. The van der Waals surface area contributed by atoms with E-state index in [2.05, 4.69) is 24.8 Å². The van der Waals surface area contributed by atoms with Crippen molar-refractivity contribution in [1.82, 2.24) is 24.6 Å². The first kappa shape index (κ1) is 28.6. The Morgan fingerprint density at radius 1 is 1.31 bits per heavy atom. The summed E-state index contributed by atoms with van der Waals surface area (Å²) in [6.07, 6.45) is -11.3. The summed E-state index contributed by atoms with van der Waals surface area (Å²) in [7, 11) is -3.24. The fourth-order valence-corrected chi connectivity index (χ4v) is 5.17. The number of aliphatic hydroxyl groups is 1. The number of alkyl halides is 4. The lowest BCUT2D eigenvalue weighted by Crippen LogP contribution is -2.36. The lowest BCUT2D eigenvalue weighted by Gasteiger charge is -2.24. The first-order valence-corrected chi connectivity index (χ1v) is 12.8. The fourth-order valence-electron chi connectivity index (χ4n) is 3.66. The first-order valence-electron chi connectivity index (χ1n) is 11.2. The maximum absolute atomic E-state index is 15.1. The molecule has 1 aliphatic rings. The Balaban J connectivity index is 1.56. The number of fused-ring (bicyclic) bond motifs is 1. The third kappa shape index (κ3) is 6.12. The van der Waals surface area contributed by atoms with Gasteiger partial charge in [0.15, 0.2) is 23.9 Å². The van der Waals surface area contributed by atoms with E-state index < -0.39 is 74.4 Å². The van der Waals surface area contributed by atoms with Gasteiger partial charge in [-0.05, 0) is 19.1 Å². The molecule has 13 nitrogen and oxygen atoms in total. The van der Waals surface area contributed by atoms with Crippen molar-refractivity contribution < 1.29 is 50.5 Å². The number of carbonyl (C=O) groups is 1. The van der Waals surface area contributed by atoms with Gasteiger partial charge < -0.3 is 24.8 Å². The van der Waals surface area contributed by atoms with Crippen molar-refractivity contribution in [3.63, 3.8) is 0 Å². The number of anilines is 1. The fraction of sp³-hybridized carbons (Fsp3) is 0.429. The van der Waals surface area contributed by atoms with E-state index >= 15 is 4.39 Å². The lowest BCUT2D eigenvalue weighted by atomic mass is 10.1. The van der Waals surface area contributed by atoms with Crippen LogP contribution in [0.2, 0.25) is 0 Å². The van der Waals surface area contributed by atoms with Crippen LogP contribution in [0.1, 0.15) is 19.0 Å². The molecule has 2 aromatic heterocycles. The zero-order valence-corrected chi connectivity index (χ0v) is 21.2. The second-order valence-corrected chi connectivity index (χ2v) is 10.0. The minimum atomic E-state index is -4.95. The monoisotopic (exact) mass is 578 g/mol. The number of hydrogen-bond acceptors (Lipinski definition) is 11. The summed E-state index contributed by atoms with van der Waals surface area (Å²) in [6.45, 7) is 0.609. The second kappa shape index (κ2) is 11.0. The van der Waals surface area contributed by atoms with Gasteiger partial charge in [0.25, 0.3) is 0 Å². The van der Waals surface area contributed by atoms with E-state index in [1.165, 1.54) is 19.1 Å². The summed E-state index contributed by atoms with van der Waals surface area (Å²) < 4.78 is 90.0. The molecule has 0 aliphatic carbocycles. The highest BCUT2D eigenvalue weighted by Gasteiger charge is 2.47. The number of hydrogen-bond donors (Lipinski definition) is 3. The van der Waals surface area contributed by atoms with Gasteiger partial charge in [0, 0.05) is 0 Å². The van der Waals surface area contributed by atoms with Crippen molar-refractivity contribution in [3.05, 3.63) is 42.5 Å². The molecule has 1 saturated heterocycles. The van der Waals surface area contributed by atoms with Gasteiger partial charge in [-0.2, -0.15) is 18.3 Å². The number of imidazole rings is 1. The van der Waals surface area contributed by atoms with Gasteiger partial charge in [0.2, 0.25) is 5.82 Å². The maximum Gasteiger partial charge on any atom is 0.459 e. The molecule has 0 saturated carbocycles. The van der Waals surface area contributed by atoms with Crippen molar-refractivity contribution in [2.24, 2.45) is 0 Å². The van der Waals surface area contributed by atoms with Crippen LogP contribution in [-0.2, 0) is 29.5 Å². The smallest absolute Gasteiger partial charge is 0.459 e. The Labute approximate surface area is 217 Å². The number of rotatable bonds is 9. The molecule has 1 aromatic carbocycles. The Kier molecular flexibility index (Phi) is 8.09. The van der Waals surface area contributed by atoms with Crippen LogP contribution in [0.25, 0.3) is 11.2 Å². The number of carbonyl (C=O) groups excluding carboxylic acids is 1. The Bertz CT molecular complexity index is 1380. The number of esters is 1. The number of para-hydroxylation sites is 1. The number of benzene rings is 1. The molecule has 3 heterocycles. The number of nitrogen functional groups attached to an aromatic ring is 1. The van der Waals surface area contributed by atoms with Crippen molar-refractivity contribution >= 4 is 30.7 Å². The van der Waals surface area contributed by atoms with E-state index in [-0.39, 0.29) is 11.3 Å². The topological polar surface area (TPSA) is 173 Å². The molecule has 0 spiro atoms. The number of nitrogens with two attached hydrogens (primary N) is 1. The number of ether oxygens (including phenoxy) is 2. The van der Waals surface area contributed by atoms with E-state index in [4.69, 9.17) is 19.5 Å². The molecule has 1 fully saturated rings. The summed E-state index contributed by atoms with van der Waals surface area (Å²) in [5, 5.41) is 12.8. The van der Waals surface area contributed by atoms with E-state index in [1.807, 2.05) is 0 Å². The second-order valence-electron chi connectivity index (χ2n) is 8.33. The third-order valence-electron chi connectivity index (χ3n) is 5.55. The predicted molar refractivity (Wildman–Crippen MR) is 125 cm³/mol. The summed E-state index contributed by atoms with van der Waals surface area (Å²) in [5.41, 5.74) is 4.84. The van der Waals surface area contributed by atoms with Gasteiger partial charge in [-0.25, -0.2) is 23.9 Å². The molecular formula is C21H23F4N6O7P. The minimum Gasteiger partial charge on any atom is -0.468 e.